The average Bonchev–Trinajstić information content (AvgIpc) is 3.27. The van der Waals surface area contributed by atoms with E-state index in [1.54, 1.807) is 10.9 Å². The summed E-state index contributed by atoms with van der Waals surface area (Å²) >= 11 is 0. The van der Waals surface area contributed by atoms with Crippen LogP contribution in [-0.2, 0) is 23.1 Å². The summed E-state index contributed by atoms with van der Waals surface area (Å²) in [6.07, 6.45) is 0.607. The molecule has 0 radical (unpaired) electrons. The molecular formula is C24H43N5O5Si2. The van der Waals surface area contributed by atoms with Gasteiger partial charge in [-0.2, -0.15) is 0 Å². The normalized spacial score (nSPS) is 23.9. The molecule has 36 heavy (non-hydrogen) atoms. The largest absolute Gasteiger partial charge is 0.457 e. The molecule has 0 saturated carbocycles. The molecule has 10 nitrogen and oxygen atoms in total. The van der Waals surface area contributed by atoms with Gasteiger partial charge in [0.25, 0.3) is 0 Å². The number of nitrogens with two attached hydrogens (primary N) is 1. The lowest BCUT2D eigenvalue weighted by Crippen LogP contribution is -2.50. The maximum Gasteiger partial charge on any atom is 0.303 e. The van der Waals surface area contributed by atoms with E-state index < -0.39 is 47.1 Å². The fourth-order valence-electron chi connectivity index (χ4n) is 3.61. The zero-order valence-corrected chi connectivity index (χ0v) is 25.6. The number of ether oxygens (including phenoxy) is 2. The Labute approximate surface area is 216 Å². The van der Waals surface area contributed by atoms with Crippen LogP contribution in [0.1, 0.15) is 54.7 Å². The van der Waals surface area contributed by atoms with E-state index in [1.807, 2.05) is 0 Å². The van der Waals surface area contributed by atoms with E-state index in [0.29, 0.717) is 11.2 Å². The molecule has 4 unspecified atom stereocenters. The number of rotatable bonds is 7. The Bertz CT molecular complexity index is 1090. The monoisotopic (exact) mass is 537 g/mol. The van der Waals surface area contributed by atoms with Crippen molar-refractivity contribution in [3.05, 3.63) is 12.7 Å². The van der Waals surface area contributed by atoms with Crippen LogP contribution < -0.4 is 5.73 Å². The number of aromatic nitrogens is 4. The number of hydrogen-bond donors (Lipinski definition) is 1. The van der Waals surface area contributed by atoms with Crippen LogP contribution in [0.25, 0.3) is 11.2 Å². The number of esters is 1. The van der Waals surface area contributed by atoms with Crippen molar-refractivity contribution in [1.82, 2.24) is 19.5 Å². The molecule has 0 bridgehead atoms. The van der Waals surface area contributed by atoms with Gasteiger partial charge in [0.05, 0.1) is 12.9 Å². The standard InChI is InChI=1S/C24H43N5O5Si2/c1-15(30)32-18-16(12-31-35(8,9)23(2,3)4)33-22(19(18)34-36(10,11)24(5,6)7)29-14-28-17-20(25)26-13-27-21(17)29/h13-14,16,18-19,22H,12H2,1-11H3,(H2,25,26,27). The first-order valence-corrected chi connectivity index (χ1v) is 18.2. The maximum atomic E-state index is 12.3. The Morgan fingerprint density at radius 1 is 1.03 bits per heavy atom. The smallest absolute Gasteiger partial charge is 0.303 e. The van der Waals surface area contributed by atoms with Crippen molar-refractivity contribution in [2.75, 3.05) is 12.3 Å². The lowest BCUT2D eigenvalue weighted by Gasteiger charge is -2.40. The number of fused-ring (bicyclic) bond motifs is 1. The molecule has 2 N–H and O–H groups in total. The molecule has 0 spiro atoms. The van der Waals surface area contributed by atoms with Crippen molar-refractivity contribution in [2.24, 2.45) is 0 Å². The van der Waals surface area contributed by atoms with Gasteiger partial charge in [0.15, 0.2) is 40.4 Å². The van der Waals surface area contributed by atoms with Gasteiger partial charge in [-0.25, -0.2) is 15.0 Å². The van der Waals surface area contributed by atoms with Gasteiger partial charge in [0.1, 0.15) is 24.1 Å². The van der Waals surface area contributed by atoms with Crippen LogP contribution in [-0.4, -0.2) is 67.0 Å². The maximum absolute atomic E-state index is 12.3. The quantitative estimate of drug-likeness (QED) is 0.397. The van der Waals surface area contributed by atoms with E-state index in [9.17, 15) is 4.79 Å². The number of hydrogen-bond acceptors (Lipinski definition) is 9. The van der Waals surface area contributed by atoms with E-state index in [1.165, 1.54) is 13.3 Å². The van der Waals surface area contributed by atoms with Gasteiger partial charge in [0, 0.05) is 6.92 Å². The fraction of sp³-hybridized carbons (Fsp3) is 0.750. The summed E-state index contributed by atoms with van der Waals surface area (Å²) in [7, 11) is -4.40. The molecule has 2 aromatic rings. The number of nitrogens with zero attached hydrogens (tertiary/aromatic N) is 4. The van der Waals surface area contributed by atoms with E-state index in [4.69, 9.17) is 24.1 Å². The van der Waals surface area contributed by atoms with Gasteiger partial charge < -0.3 is 24.1 Å². The Balaban J connectivity index is 2.06. The third-order valence-corrected chi connectivity index (χ3v) is 16.9. The summed E-state index contributed by atoms with van der Waals surface area (Å²) in [6.45, 7) is 23.5. The summed E-state index contributed by atoms with van der Waals surface area (Å²) in [6, 6.07) is 0. The second-order valence-electron chi connectivity index (χ2n) is 12.6. The van der Waals surface area contributed by atoms with Crippen molar-refractivity contribution in [3.8, 4) is 0 Å². The Morgan fingerprint density at radius 3 is 2.19 bits per heavy atom. The van der Waals surface area contributed by atoms with Crippen LogP contribution in [0.3, 0.4) is 0 Å². The Hall–Kier alpha value is -1.87. The summed E-state index contributed by atoms with van der Waals surface area (Å²) in [5.74, 6) is -0.111. The zero-order chi connectivity index (χ0) is 27.3. The highest BCUT2D eigenvalue weighted by atomic mass is 28.4. The minimum absolute atomic E-state index is 0.0218. The molecule has 0 aliphatic carbocycles. The van der Waals surface area contributed by atoms with Gasteiger partial charge >= 0.3 is 5.97 Å². The first kappa shape index (κ1) is 28.7. The van der Waals surface area contributed by atoms with E-state index >= 15 is 0 Å². The third-order valence-electron chi connectivity index (χ3n) is 7.90. The molecular weight excluding hydrogens is 494 g/mol. The molecule has 0 amide bonds. The van der Waals surface area contributed by atoms with Gasteiger partial charge in [-0.1, -0.05) is 41.5 Å². The van der Waals surface area contributed by atoms with Gasteiger partial charge in [-0.05, 0) is 36.3 Å². The first-order valence-electron chi connectivity index (χ1n) is 12.4. The molecule has 12 heteroatoms. The van der Waals surface area contributed by atoms with Crippen molar-refractivity contribution in [1.29, 1.82) is 0 Å². The Morgan fingerprint density at radius 2 is 1.64 bits per heavy atom. The molecule has 1 aliphatic rings. The van der Waals surface area contributed by atoms with Gasteiger partial charge in [0.2, 0.25) is 0 Å². The SMILES string of the molecule is CC(=O)OC1C(CO[Si](C)(C)C(C)(C)C)OC(n2cnc3c(N)ncnc32)C1O[Si](C)(C)C(C)(C)C. The van der Waals surface area contributed by atoms with Crippen LogP contribution in [0.4, 0.5) is 5.82 Å². The van der Waals surface area contributed by atoms with Gasteiger partial charge in [-0.15, -0.1) is 0 Å². The minimum Gasteiger partial charge on any atom is -0.457 e. The van der Waals surface area contributed by atoms with Gasteiger partial charge in [-0.3, -0.25) is 9.36 Å². The number of nitrogen functional groups attached to an aromatic ring is 1. The molecule has 1 aliphatic heterocycles. The summed E-state index contributed by atoms with van der Waals surface area (Å²) in [4.78, 5) is 25.1. The predicted octanol–water partition coefficient (Wildman–Crippen LogP) is 4.65. The Kier molecular flexibility index (Phi) is 7.80. The third kappa shape index (κ3) is 5.67. The molecule has 4 atom stereocenters. The molecule has 3 heterocycles. The van der Waals surface area contributed by atoms with Crippen molar-refractivity contribution >= 4 is 39.6 Å². The molecule has 2 aromatic heterocycles. The van der Waals surface area contributed by atoms with Crippen molar-refractivity contribution in [3.63, 3.8) is 0 Å². The van der Waals surface area contributed by atoms with Crippen LogP contribution in [0, 0.1) is 0 Å². The van der Waals surface area contributed by atoms with Crippen LogP contribution in [0.2, 0.25) is 36.3 Å². The second-order valence-corrected chi connectivity index (χ2v) is 22.2. The van der Waals surface area contributed by atoms with E-state index in [2.05, 4.69) is 82.7 Å². The minimum atomic E-state index is -2.31. The molecule has 0 aromatic carbocycles. The fourth-order valence-corrected chi connectivity index (χ4v) is 5.90. The van der Waals surface area contributed by atoms with Crippen molar-refractivity contribution < 1.29 is 23.1 Å². The highest BCUT2D eigenvalue weighted by Gasteiger charge is 2.53. The lowest BCUT2D eigenvalue weighted by molar-refractivity contribution is -0.153. The van der Waals surface area contributed by atoms with Crippen LogP contribution in [0.15, 0.2) is 12.7 Å². The average molecular weight is 538 g/mol. The van der Waals surface area contributed by atoms with Crippen molar-refractivity contribution in [2.45, 2.75) is 109 Å². The van der Waals surface area contributed by atoms with Crippen LogP contribution in [0.5, 0.6) is 0 Å². The van der Waals surface area contributed by atoms with E-state index in [0.717, 1.165) is 0 Å². The lowest BCUT2D eigenvalue weighted by atomic mass is 10.1. The topological polar surface area (TPSA) is 124 Å². The molecule has 1 fully saturated rings. The molecule has 202 valence electrons. The number of carbonyl (C=O) groups is 1. The number of imidazole rings is 1. The number of anilines is 1. The predicted molar refractivity (Wildman–Crippen MR) is 144 cm³/mol. The first-order chi connectivity index (χ1) is 16.4. The molecule has 1 saturated heterocycles. The zero-order valence-electron chi connectivity index (χ0n) is 23.6. The highest BCUT2D eigenvalue weighted by molar-refractivity contribution is 6.74. The number of carbonyl (C=O) groups excluding carboxylic acids is 1. The summed E-state index contributed by atoms with van der Waals surface area (Å²) < 4.78 is 27.7. The second kappa shape index (κ2) is 9.78. The summed E-state index contributed by atoms with van der Waals surface area (Å²) in [5, 5.41) is -0.0500. The summed E-state index contributed by atoms with van der Waals surface area (Å²) in [5.41, 5.74) is 7.06. The molecule has 3 rings (SSSR count). The highest BCUT2D eigenvalue weighted by Crippen LogP contribution is 2.44. The van der Waals surface area contributed by atoms with Crippen LogP contribution >= 0.6 is 0 Å². The van der Waals surface area contributed by atoms with E-state index in [-0.39, 0.29) is 22.5 Å².